The Morgan fingerprint density at radius 3 is 3.00 bits per heavy atom. The molecular weight excluding hydrogens is 240 g/mol. The van der Waals surface area contributed by atoms with Crippen molar-refractivity contribution < 1.29 is 9.59 Å². The first-order valence-corrected chi connectivity index (χ1v) is 7.18. The fourth-order valence-corrected chi connectivity index (χ4v) is 4.26. The van der Waals surface area contributed by atoms with E-state index in [0.717, 1.165) is 30.7 Å². The molecule has 3 heterocycles. The molecule has 4 nitrogen and oxygen atoms in total. The lowest BCUT2D eigenvalue weighted by Gasteiger charge is -2.48. The molecular formula is C15H23N2O2+. The molecule has 2 unspecified atom stereocenters. The van der Waals surface area contributed by atoms with Gasteiger partial charge in [-0.05, 0) is 19.4 Å². The number of piperidine rings is 1. The largest absolute Gasteiger partial charge is 0.388 e. The predicted molar refractivity (Wildman–Crippen MR) is 74.0 cm³/mol. The fourth-order valence-electron chi connectivity index (χ4n) is 4.26. The topological polar surface area (TPSA) is 42.2 Å². The highest BCUT2D eigenvalue weighted by atomic mass is 16.3. The SMILES string of the molecule is CC(O)C[N+]1(C)C[C@@H]2C[C@H](C1)c1cccc(=O)n1C2. The van der Waals surface area contributed by atoms with Crippen molar-refractivity contribution in [3.63, 3.8) is 0 Å². The molecule has 19 heavy (non-hydrogen) atoms. The Kier molecular flexibility index (Phi) is 3.02. The lowest BCUT2D eigenvalue weighted by atomic mass is 9.82. The van der Waals surface area contributed by atoms with Crippen LogP contribution in [0.25, 0.3) is 0 Å². The van der Waals surface area contributed by atoms with Crippen LogP contribution < -0.4 is 5.56 Å². The number of nitrogens with zero attached hydrogens (tertiary/aromatic N) is 2. The second-order valence-corrected chi connectivity index (χ2v) is 6.71. The number of fused-ring (bicyclic) bond motifs is 4. The number of hydrogen-bond acceptors (Lipinski definition) is 2. The van der Waals surface area contributed by atoms with Gasteiger partial charge in [-0.15, -0.1) is 0 Å². The molecule has 2 aliphatic rings. The Bertz CT molecular complexity index is 537. The van der Waals surface area contributed by atoms with Crippen molar-refractivity contribution in [2.75, 3.05) is 26.7 Å². The van der Waals surface area contributed by atoms with Crippen molar-refractivity contribution in [1.29, 1.82) is 0 Å². The molecule has 0 radical (unpaired) electrons. The Morgan fingerprint density at radius 1 is 1.47 bits per heavy atom. The summed E-state index contributed by atoms with van der Waals surface area (Å²) in [4.78, 5) is 12.0. The summed E-state index contributed by atoms with van der Waals surface area (Å²) >= 11 is 0. The van der Waals surface area contributed by atoms with Gasteiger partial charge in [0.1, 0.15) is 12.6 Å². The zero-order valence-electron chi connectivity index (χ0n) is 11.7. The molecule has 2 aliphatic heterocycles. The van der Waals surface area contributed by atoms with Gasteiger partial charge < -0.3 is 14.2 Å². The third-order valence-electron chi connectivity index (χ3n) is 4.63. The van der Waals surface area contributed by atoms with Crippen LogP contribution in [0, 0.1) is 5.92 Å². The molecule has 0 amide bonds. The van der Waals surface area contributed by atoms with E-state index in [4.69, 9.17) is 0 Å². The normalized spacial score (nSPS) is 34.7. The van der Waals surface area contributed by atoms with Crippen molar-refractivity contribution in [2.24, 2.45) is 5.92 Å². The number of pyridine rings is 1. The summed E-state index contributed by atoms with van der Waals surface area (Å²) in [6.07, 6.45) is 0.929. The minimum atomic E-state index is -0.262. The monoisotopic (exact) mass is 263 g/mol. The summed E-state index contributed by atoms with van der Waals surface area (Å²) in [7, 11) is 2.24. The number of likely N-dealkylation sites (tertiary alicyclic amines) is 1. The standard InChI is InChI=1S/C15H23N2O2/c1-11(18)8-17(2)9-12-6-13(10-17)14-4-3-5-15(19)16(14)7-12/h3-5,11-13,18H,6-10H2,1-2H3/q+1/t11?,12-,13-,17?/m1/s1. The quantitative estimate of drug-likeness (QED) is 0.802. The van der Waals surface area contributed by atoms with Gasteiger partial charge in [0.2, 0.25) is 0 Å². The summed E-state index contributed by atoms with van der Waals surface area (Å²) in [5.74, 6) is 1.03. The number of aliphatic hydroxyl groups excluding tert-OH is 1. The smallest absolute Gasteiger partial charge is 0.250 e. The Labute approximate surface area is 113 Å². The molecule has 2 bridgehead atoms. The van der Waals surface area contributed by atoms with Crippen LogP contribution in [-0.4, -0.2) is 46.9 Å². The molecule has 1 saturated heterocycles. The third-order valence-corrected chi connectivity index (χ3v) is 4.63. The summed E-state index contributed by atoms with van der Waals surface area (Å²) in [6, 6.07) is 5.64. The van der Waals surface area contributed by atoms with Crippen LogP contribution in [0.4, 0.5) is 0 Å². The summed E-state index contributed by atoms with van der Waals surface area (Å²) in [5, 5.41) is 9.70. The lowest BCUT2D eigenvalue weighted by Crippen LogP contribution is -2.59. The Morgan fingerprint density at radius 2 is 2.26 bits per heavy atom. The van der Waals surface area contributed by atoms with Gasteiger partial charge in [-0.25, -0.2) is 0 Å². The highest BCUT2D eigenvalue weighted by Crippen LogP contribution is 2.37. The van der Waals surface area contributed by atoms with Crippen LogP contribution in [0.3, 0.4) is 0 Å². The number of hydrogen-bond donors (Lipinski definition) is 1. The van der Waals surface area contributed by atoms with Crippen LogP contribution in [0.15, 0.2) is 23.0 Å². The molecule has 1 fully saturated rings. The highest BCUT2D eigenvalue weighted by Gasteiger charge is 2.42. The number of quaternary nitrogens is 1. The third kappa shape index (κ3) is 2.35. The maximum absolute atomic E-state index is 12.0. The molecule has 1 aromatic heterocycles. The summed E-state index contributed by atoms with van der Waals surface area (Å²) in [6.45, 7) is 5.63. The van der Waals surface area contributed by atoms with Crippen molar-refractivity contribution in [3.05, 3.63) is 34.2 Å². The first-order valence-electron chi connectivity index (χ1n) is 7.18. The minimum absolute atomic E-state index is 0.138. The van der Waals surface area contributed by atoms with Crippen LogP contribution in [0.2, 0.25) is 0 Å². The van der Waals surface area contributed by atoms with Crippen LogP contribution >= 0.6 is 0 Å². The highest BCUT2D eigenvalue weighted by molar-refractivity contribution is 5.15. The number of likely N-dealkylation sites (N-methyl/N-ethyl adjacent to an activating group) is 1. The zero-order valence-corrected chi connectivity index (χ0v) is 11.7. The lowest BCUT2D eigenvalue weighted by molar-refractivity contribution is -0.922. The second-order valence-electron chi connectivity index (χ2n) is 6.71. The van der Waals surface area contributed by atoms with Crippen LogP contribution in [0.1, 0.15) is 25.0 Å². The Hall–Kier alpha value is -1.13. The van der Waals surface area contributed by atoms with E-state index in [2.05, 4.69) is 13.1 Å². The molecule has 3 rings (SSSR count). The van der Waals surface area contributed by atoms with E-state index in [9.17, 15) is 9.90 Å². The van der Waals surface area contributed by atoms with Gasteiger partial charge in [-0.2, -0.15) is 0 Å². The Balaban J connectivity index is 1.94. The van der Waals surface area contributed by atoms with Gasteiger partial charge in [0.25, 0.3) is 5.56 Å². The molecule has 104 valence electrons. The maximum Gasteiger partial charge on any atom is 0.250 e. The molecule has 0 saturated carbocycles. The van der Waals surface area contributed by atoms with Crippen molar-refractivity contribution in [2.45, 2.75) is 31.9 Å². The van der Waals surface area contributed by atoms with Gasteiger partial charge >= 0.3 is 0 Å². The zero-order chi connectivity index (χ0) is 13.6. The van der Waals surface area contributed by atoms with E-state index in [1.807, 2.05) is 17.6 Å². The van der Waals surface area contributed by atoms with Crippen molar-refractivity contribution in [3.8, 4) is 0 Å². The van der Waals surface area contributed by atoms with E-state index >= 15 is 0 Å². The van der Waals surface area contributed by atoms with E-state index in [-0.39, 0.29) is 11.7 Å². The first kappa shape index (κ1) is 12.9. The number of aliphatic hydroxyl groups is 1. The van der Waals surface area contributed by atoms with Crippen molar-refractivity contribution in [1.82, 2.24) is 4.57 Å². The van der Waals surface area contributed by atoms with E-state index in [1.54, 1.807) is 6.07 Å². The van der Waals surface area contributed by atoms with Gasteiger partial charge in [0, 0.05) is 30.1 Å². The van der Waals surface area contributed by atoms with E-state index in [0.29, 0.717) is 11.8 Å². The molecule has 4 heteroatoms. The van der Waals surface area contributed by atoms with Crippen LogP contribution in [0.5, 0.6) is 0 Å². The molecule has 0 aliphatic carbocycles. The summed E-state index contributed by atoms with van der Waals surface area (Å²) < 4.78 is 2.89. The van der Waals surface area contributed by atoms with Gasteiger partial charge in [-0.1, -0.05) is 6.07 Å². The second kappa shape index (κ2) is 4.46. The maximum atomic E-state index is 12.0. The average molecular weight is 263 g/mol. The van der Waals surface area contributed by atoms with E-state index in [1.165, 1.54) is 12.1 Å². The van der Waals surface area contributed by atoms with Gasteiger partial charge in [0.05, 0.1) is 20.1 Å². The predicted octanol–water partition coefficient (Wildman–Crippen LogP) is 0.793. The molecule has 4 atom stereocenters. The minimum Gasteiger partial charge on any atom is -0.388 e. The first-order chi connectivity index (χ1) is 8.97. The van der Waals surface area contributed by atoms with E-state index < -0.39 is 0 Å². The van der Waals surface area contributed by atoms with Gasteiger partial charge in [-0.3, -0.25) is 4.79 Å². The van der Waals surface area contributed by atoms with Crippen molar-refractivity contribution >= 4 is 0 Å². The molecule has 1 N–H and O–H groups in total. The fraction of sp³-hybridized carbons (Fsp3) is 0.667. The molecule has 0 spiro atoms. The van der Waals surface area contributed by atoms with Crippen LogP contribution in [-0.2, 0) is 6.54 Å². The number of rotatable bonds is 2. The van der Waals surface area contributed by atoms with Gasteiger partial charge in [0.15, 0.2) is 0 Å². The number of aromatic nitrogens is 1. The average Bonchev–Trinajstić information content (AvgIpc) is 2.28. The molecule has 0 aromatic carbocycles. The summed E-state index contributed by atoms with van der Waals surface area (Å²) in [5.41, 5.74) is 1.33. The molecule has 1 aromatic rings.